The van der Waals surface area contributed by atoms with Gasteiger partial charge in [-0.05, 0) is 131 Å². The van der Waals surface area contributed by atoms with E-state index in [0.29, 0.717) is 17.4 Å². The Morgan fingerprint density at radius 2 is 1.64 bits per heavy atom. The molecule has 0 aromatic heterocycles. The highest BCUT2D eigenvalue weighted by Crippen LogP contribution is 2.70. The van der Waals surface area contributed by atoms with Crippen molar-refractivity contribution in [3.63, 3.8) is 0 Å². The number of likely N-dealkylation sites (tertiary alicyclic amines) is 1. The highest BCUT2D eigenvalue weighted by molar-refractivity contribution is 5.34. The predicted molar refractivity (Wildman–Crippen MR) is 155 cm³/mol. The third-order valence-electron chi connectivity index (χ3n) is 12.7. The summed E-state index contributed by atoms with van der Waals surface area (Å²) in [6.45, 7) is 10.9. The van der Waals surface area contributed by atoms with Gasteiger partial charge >= 0.3 is 0 Å². The molecule has 218 valence electrons. The molecular formula is C34H53NO4. The van der Waals surface area contributed by atoms with Crippen molar-refractivity contribution >= 4 is 0 Å². The first-order valence-corrected chi connectivity index (χ1v) is 16.2. The number of hydrogen-bond donors (Lipinski definition) is 1. The summed E-state index contributed by atoms with van der Waals surface area (Å²) in [5.74, 6) is 3.80. The minimum atomic E-state index is -0.727. The second kappa shape index (κ2) is 11.3. The van der Waals surface area contributed by atoms with Crippen LogP contribution >= 0.6 is 0 Å². The molecule has 0 bridgehead atoms. The van der Waals surface area contributed by atoms with Crippen molar-refractivity contribution in [3.05, 3.63) is 29.8 Å². The summed E-state index contributed by atoms with van der Waals surface area (Å²) in [6.07, 6.45) is 13.9. The van der Waals surface area contributed by atoms with Crippen molar-refractivity contribution in [2.45, 2.75) is 96.2 Å². The number of nitrogens with zero attached hydrogens (tertiary/aromatic N) is 1. The lowest BCUT2D eigenvalue weighted by Crippen LogP contribution is -2.56. The number of benzene rings is 1. The first kappa shape index (κ1) is 28.0. The van der Waals surface area contributed by atoms with Gasteiger partial charge in [-0.3, -0.25) is 0 Å². The second-order valence-electron chi connectivity index (χ2n) is 14.2. The van der Waals surface area contributed by atoms with Gasteiger partial charge in [0.1, 0.15) is 5.75 Å². The van der Waals surface area contributed by atoms with Crippen molar-refractivity contribution in [1.29, 1.82) is 0 Å². The Bertz CT molecular complexity index is 962. The summed E-state index contributed by atoms with van der Waals surface area (Å²) in [4.78, 5) is 2.51. The first-order valence-electron chi connectivity index (χ1n) is 16.2. The molecule has 0 amide bonds. The van der Waals surface area contributed by atoms with E-state index >= 15 is 0 Å². The fourth-order valence-electron chi connectivity index (χ4n) is 10.3. The van der Waals surface area contributed by atoms with E-state index in [1.807, 2.05) is 12.1 Å². The molecular weight excluding hydrogens is 486 g/mol. The Morgan fingerprint density at radius 1 is 0.872 bits per heavy atom. The highest BCUT2D eigenvalue weighted by Gasteiger charge is 2.65. The van der Waals surface area contributed by atoms with Crippen LogP contribution in [0.15, 0.2) is 24.3 Å². The van der Waals surface area contributed by atoms with Crippen LogP contribution < -0.4 is 4.74 Å². The van der Waals surface area contributed by atoms with E-state index in [2.05, 4.69) is 30.9 Å². The monoisotopic (exact) mass is 539 g/mol. The third-order valence-corrected chi connectivity index (χ3v) is 12.7. The average molecular weight is 540 g/mol. The van der Waals surface area contributed by atoms with E-state index in [1.165, 1.54) is 64.5 Å². The summed E-state index contributed by atoms with van der Waals surface area (Å²) in [5.41, 5.74) is 0.747. The predicted octanol–water partition coefficient (Wildman–Crippen LogP) is 6.42. The Labute approximate surface area is 237 Å². The molecule has 39 heavy (non-hydrogen) atoms. The molecule has 1 N–H and O–H groups in total. The number of ether oxygens (including phenoxy) is 3. The molecule has 4 saturated carbocycles. The van der Waals surface area contributed by atoms with E-state index in [-0.39, 0.29) is 5.41 Å². The van der Waals surface area contributed by atoms with Gasteiger partial charge in [-0.15, -0.1) is 0 Å². The summed E-state index contributed by atoms with van der Waals surface area (Å²) in [5, 5.41) is 12.2. The molecule has 0 spiro atoms. The summed E-state index contributed by atoms with van der Waals surface area (Å²) < 4.78 is 17.7. The van der Waals surface area contributed by atoms with Gasteiger partial charge in [0.15, 0.2) is 0 Å². The number of hydrogen-bond acceptors (Lipinski definition) is 5. The van der Waals surface area contributed by atoms with E-state index in [0.717, 1.165) is 74.7 Å². The van der Waals surface area contributed by atoms with Gasteiger partial charge in [0, 0.05) is 12.0 Å². The molecule has 0 unspecified atom stereocenters. The Hall–Kier alpha value is -1.14. The number of rotatable bonds is 9. The molecule has 5 nitrogen and oxygen atoms in total. The van der Waals surface area contributed by atoms with Crippen LogP contribution in [0.4, 0.5) is 0 Å². The van der Waals surface area contributed by atoms with Crippen LogP contribution in [-0.4, -0.2) is 62.7 Å². The standard InChI is InChI=1S/C34H53NO4/c1-32-15-12-28(39-23-22-38-21-20-35-18-4-5-19-35)24-26(32)8-11-29-30(32)13-16-33(2)31(29)14-17-34(33,36)25-6-9-27(37-3)10-7-25/h6-7,9-10,26,28-31,36H,4-5,8,11-24H2,1-3H3/t26-,28+,29-,30+,31+,32+,33+,34-/m1/s1. The Morgan fingerprint density at radius 3 is 2.41 bits per heavy atom. The van der Waals surface area contributed by atoms with E-state index in [4.69, 9.17) is 14.2 Å². The summed E-state index contributed by atoms with van der Waals surface area (Å²) in [6, 6.07) is 8.25. The fourth-order valence-corrected chi connectivity index (χ4v) is 10.3. The Kier molecular flexibility index (Phi) is 8.09. The van der Waals surface area contributed by atoms with Gasteiger partial charge in [-0.2, -0.15) is 0 Å². The lowest BCUT2D eigenvalue weighted by atomic mass is 9.44. The molecule has 5 fully saturated rings. The van der Waals surface area contributed by atoms with E-state index in [9.17, 15) is 5.11 Å². The highest BCUT2D eigenvalue weighted by atomic mass is 16.5. The minimum Gasteiger partial charge on any atom is -0.497 e. The van der Waals surface area contributed by atoms with Crippen molar-refractivity contribution in [2.75, 3.05) is 46.6 Å². The van der Waals surface area contributed by atoms with Gasteiger partial charge in [0.2, 0.25) is 0 Å². The smallest absolute Gasteiger partial charge is 0.118 e. The van der Waals surface area contributed by atoms with Gasteiger partial charge in [0.25, 0.3) is 0 Å². The molecule has 8 atom stereocenters. The van der Waals surface area contributed by atoms with Gasteiger partial charge < -0.3 is 24.2 Å². The number of fused-ring (bicyclic) bond motifs is 5. The first-order chi connectivity index (χ1) is 18.9. The number of methoxy groups -OCH3 is 1. The zero-order valence-electron chi connectivity index (χ0n) is 24.8. The molecule has 6 rings (SSSR count). The second-order valence-corrected chi connectivity index (χ2v) is 14.2. The topological polar surface area (TPSA) is 51.2 Å². The van der Waals surface area contributed by atoms with Crippen LogP contribution in [0.1, 0.15) is 90.0 Å². The molecule has 4 aliphatic carbocycles. The number of aliphatic hydroxyl groups is 1. The molecule has 5 aliphatic rings. The van der Waals surface area contributed by atoms with Crippen LogP contribution in [0.2, 0.25) is 0 Å². The Balaban J connectivity index is 1.04. The third kappa shape index (κ3) is 4.98. The molecule has 1 aromatic rings. The molecule has 1 aromatic carbocycles. The minimum absolute atomic E-state index is 0.0406. The maximum Gasteiger partial charge on any atom is 0.118 e. The van der Waals surface area contributed by atoms with Crippen LogP contribution in [0.5, 0.6) is 5.75 Å². The SMILES string of the molecule is COc1ccc([C@]2(O)CC[C@H]3[C@@H]4CC[C@@H]5C[C@@H](OCCOCCN6CCCC6)CC[C@]5(C)[C@H]4CC[C@@]32C)cc1. The molecule has 0 radical (unpaired) electrons. The maximum atomic E-state index is 12.2. The van der Waals surface area contributed by atoms with E-state index < -0.39 is 5.60 Å². The largest absolute Gasteiger partial charge is 0.497 e. The average Bonchev–Trinajstić information content (AvgIpc) is 3.57. The van der Waals surface area contributed by atoms with Gasteiger partial charge in [-0.1, -0.05) is 26.0 Å². The lowest BCUT2D eigenvalue weighted by molar-refractivity contribution is -0.165. The zero-order chi connectivity index (χ0) is 27.1. The van der Waals surface area contributed by atoms with Crippen LogP contribution in [0, 0.1) is 34.5 Å². The van der Waals surface area contributed by atoms with Crippen molar-refractivity contribution < 1.29 is 19.3 Å². The quantitative estimate of drug-likeness (QED) is 0.367. The van der Waals surface area contributed by atoms with Crippen molar-refractivity contribution in [1.82, 2.24) is 4.90 Å². The molecule has 1 heterocycles. The van der Waals surface area contributed by atoms with E-state index in [1.54, 1.807) is 7.11 Å². The molecule has 1 aliphatic heterocycles. The van der Waals surface area contributed by atoms with Crippen LogP contribution in [0.3, 0.4) is 0 Å². The van der Waals surface area contributed by atoms with Crippen molar-refractivity contribution in [2.24, 2.45) is 34.5 Å². The molecule has 5 heteroatoms. The maximum absolute atomic E-state index is 12.2. The summed E-state index contributed by atoms with van der Waals surface area (Å²) >= 11 is 0. The van der Waals surface area contributed by atoms with Crippen molar-refractivity contribution in [3.8, 4) is 5.75 Å². The van der Waals surface area contributed by atoms with Gasteiger partial charge in [0.05, 0.1) is 38.6 Å². The van der Waals surface area contributed by atoms with Crippen LogP contribution in [-0.2, 0) is 15.1 Å². The zero-order valence-corrected chi connectivity index (χ0v) is 24.8. The van der Waals surface area contributed by atoms with Crippen LogP contribution in [0.25, 0.3) is 0 Å². The normalized spacial score (nSPS) is 42.1. The summed E-state index contributed by atoms with van der Waals surface area (Å²) in [7, 11) is 1.71. The van der Waals surface area contributed by atoms with Gasteiger partial charge in [-0.25, -0.2) is 0 Å². The lowest BCUT2D eigenvalue weighted by Gasteiger charge is -2.61. The fraction of sp³-hybridized carbons (Fsp3) is 0.824. The molecule has 1 saturated heterocycles.